The summed E-state index contributed by atoms with van der Waals surface area (Å²) in [7, 11) is -4.20. The molecule has 1 spiro atoms. The van der Waals surface area contributed by atoms with Crippen molar-refractivity contribution < 1.29 is 33.1 Å². The molecule has 1 unspecified atom stereocenters. The van der Waals surface area contributed by atoms with E-state index in [9.17, 15) is 14.8 Å². The lowest BCUT2D eigenvalue weighted by molar-refractivity contribution is -0.159. The number of anilines is 1. The van der Waals surface area contributed by atoms with E-state index < -0.39 is 43.8 Å². The lowest BCUT2D eigenvalue weighted by Crippen LogP contribution is -2.44. The van der Waals surface area contributed by atoms with Gasteiger partial charge in [-0.1, -0.05) is 43.2 Å². The number of aliphatic hydroxyl groups excluding tert-OH is 1. The predicted molar refractivity (Wildman–Crippen MR) is 128 cm³/mol. The number of nitrogen functional groups attached to an aromatic ring is 1. The van der Waals surface area contributed by atoms with E-state index in [0.29, 0.717) is 17.5 Å². The zero-order valence-electron chi connectivity index (χ0n) is 19.8. The molecule has 11 nitrogen and oxygen atoms in total. The zero-order chi connectivity index (χ0) is 25.1. The minimum Gasteiger partial charge on any atom is -0.385 e. The summed E-state index contributed by atoms with van der Waals surface area (Å²) in [6, 6.07) is 11.2. The number of benzene rings is 1. The summed E-state index contributed by atoms with van der Waals surface area (Å²) >= 11 is 0. The van der Waals surface area contributed by atoms with Gasteiger partial charge in [0.1, 0.15) is 29.5 Å². The van der Waals surface area contributed by atoms with Gasteiger partial charge in [-0.05, 0) is 31.4 Å². The van der Waals surface area contributed by atoms with Crippen molar-refractivity contribution in [3.05, 3.63) is 54.5 Å². The maximum Gasteiger partial charge on any atom is 0.478 e. The van der Waals surface area contributed by atoms with Crippen molar-refractivity contribution in [3.63, 3.8) is 0 Å². The standard InChI is InChI=1S/C24H29N4O7P/c1-23(30)18(29)21(32-22(23)28-12-9-16-19(25)26-14-27-20(16)28)34-36(31)33-17(15-7-3-2-4-8-15)13-24(35-36)10-5-6-11-24/h2-4,7-9,12,14,17-18,21-22,29-30H,5-6,10-11,13H2,1H3,(H2,25,26,27)/t17-,18+,21?,22+,23+,36-/m0/s1. The average Bonchev–Trinajstić information content (AvgIpc) is 3.53. The van der Waals surface area contributed by atoms with Gasteiger partial charge >= 0.3 is 7.82 Å². The van der Waals surface area contributed by atoms with Gasteiger partial charge in [0.15, 0.2) is 6.23 Å². The molecule has 3 aliphatic rings. The number of fused-ring (bicyclic) bond motifs is 1. The molecule has 4 heterocycles. The SMILES string of the molecule is C[C@@]1(O)[C@H](O)C(O[P@]2(=O)O[C@H](c3ccccc3)CC3(CCCC3)O2)O[C@H]1n1ccc2c(N)ncnc21. The summed E-state index contributed by atoms with van der Waals surface area (Å²) in [5, 5.41) is 22.8. The molecule has 0 bridgehead atoms. The molecule has 12 heteroatoms. The number of rotatable bonds is 4. The quantitative estimate of drug-likeness (QED) is 0.439. The van der Waals surface area contributed by atoms with Crippen molar-refractivity contribution in [2.45, 2.75) is 75.0 Å². The molecule has 192 valence electrons. The van der Waals surface area contributed by atoms with Crippen molar-refractivity contribution in [1.29, 1.82) is 0 Å². The van der Waals surface area contributed by atoms with Gasteiger partial charge in [0.05, 0.1) is 17.1 Å². The molecule has 1 aliphatic carbocycles. The zero-order valence-corrected chi connectivity index (χ0v) is 20.7. The number of phosphoric ester groups is 1. The van der Waals surface area contributed by atoms with Crippen molar-refractivity contribution in [2.24, 2.45) is 0 Å². The lowest BCUT2D eigenvalue weighted by atomic mass is 9.91. The monoisotopic (exact) mass is 516 g/mol. The number of phosphoric acid groups is 1. The van der Waals surface area contributed by atoms with E-state index in [0.717, 1.165) is 31.2 Å². The van der Waals surface area contributed by atoms with Gasteiger partial charge in [0.2, 0.25) is 6.29 Å². The van der Waals surface area contributed by atoms with Gasteiger partial charge in [-0.3, -0.25) is 13.6 Å². The summed E-state index contributed by atoms with van der Waals surface area (Å²) in [5.41, 5.74) is 4.74. The van der Waals surface area contributed by atoms with Crippen molar-refractivity contribution in [3.8, 4) is 0 Å². The molecular formula is C24H29N4O7P. The van der Waals surface area contributed by atoms with E-state index >= 15 is 0 Å². The molecule has 2 aliphatic heterocycles. The molecule has 6 atom stereocenters. The van der Waals surface area contributed by atoms with Gasteiger partial charge in [-0.25, -0.2) is 14.5 Å². The fraction of sp³-hybridized carbons (Fsp3) is 0.500. The second-order valence-corrected chi connectivity index (χ2v) is 11.5. The lowest BCUT2D eigenvalue weighted by Gasteiger charge is -2.41. The number of hydrogen-bond donors (Lipinski definition) is 3. The largest absolute Gasteiger partial charge is 0.478 e. The number of aromatic nitrogens is 3. The van der Waals surface area contributed by atoms with Crippen LogP contribution in [-0.4, -0.2) is 48.3 Å². The molecule has 2 saturated heterocycles. The summed E-state index contributed by atoms with van der Waals surface area (Å²) in [5.74, 6) is 0.270. The Kier molecular flexibility index (Phi) is 5.73. The molecule has 2 aromatic heterocycles. The first-order valence-corrected chi connectivity index (χ1v) is 13.5. The predicted octanol–water partition coefficient (Wildman–Crippen LogP) is 3.60. The highest BCUT2D eigenvalue weighted by atomic mass is 31.2. The van der Waals surface area contributed by atoms with Crippen LogP contribution in [0.5, 0.6) is 0 Å². The third kappa shape index (κ3) is 3.95. The highest BCUT2D eigenvalue weighted by Gasteiger charge is 2.59. The summed E-state index contributed by atoms with van der Waals surface area (Å²) < 4.78 is 39.2. The first-order chi connectivity index (χ1) is 17.2. The van der Waals surface area contributed by atoms with Crippen LogP contribution in [0.1, 0.15) is 56.9 Å². The van der Waals surface area contributed by atoms with Crippen molar-refractivity contribution >= 4 is 24.7 Å². The van der Waals surface area contributed by atoms with Gasteiger partial charge in [0, 0.05) is 12.6 Å². The second-order valence-electron chi connectivity index (χ2n) is 9.99. The third-order valence-corrected chi connectivity index (χ3v) is 9.04. The van der Waals surface area contributed by atoms with E-state index in [4.69, 9.17) is 24.0 Å². The molecule has 4 N–H and O–H groups in total. The Morgan fingerprint density at radius 2 is 1.94 bits per heavy atom. The number of nitrogens with two attached hydrogens (primary N) is 1. The van der Waals surface area contributed by atoms with Crippen LogP contribution < -0.4 is 5.73 Å². The Morgan fingerprint density at radius 3 is 2.69 bits per heavy atom. The van der Waals surface area contributed by atoms with E-state index in [-0.39, 0.29) is 5.82 Å². The highest BCUT2D eigenvalue weighted by Crippen LogP contribution is 2.66. The number of nitrogens with zero attached hydrogens (tertiary/aromatic N) is 3. The number of hydrogen-bond acceptors (Lipinski definition) is 10. The summed E-state index contributed by atoms with van der Waals surface area (Å²) in [6.07, 6.45) is 2.17. The molecule has 0 radical (unpaired) electrons. The topological polar surface area (TPSA) is 151 Å². The Balaban J connectivity index is 1.30. The Morgan fingerprint density at radius 1 is 1.19 bits per heavy atom. The number of ether oxygens (including phenoxy) is 1. The van der Waals surface area contributed by atoms with Crippen LogP contribution in [0, 0.1) is 0 Å². The fourth-order valence-corrected chi connectivity index (χ4v) is 7.33. The van der Waals surface area contributed by atoms with Crippen LogP contribution in [0.4, 0.5) is 5.82 Å². The first-order valence-electron chi connectivity index (χ1n) is 12.1. The Bertz CT molecular complexity index is 1310. The molecule has 1 saturated carbocycles. The van der Waals surface area contributed by atoms with Gasteiger partial charge < -0.3 is 25.3 Å². The molecule has 3 aromatic rings. The average molecular weight is 516 g/mol. The molecular weight excluding hydrogens is 487 g/mol. The maximum atomic E-state index is 14.0. The van der Waals surface area contributed by atoms with E-state index in [1.54, 1.807) is 12.3 Å². The molecule has 1 aromatic carbocycles. The van der Waals surface area contributed by atoms with Crippen LogP contribution >= 0.6 is 7.82 Å². The summed E-state index contributed by atoms with van der Waals surface area (Å²) in [4.78, 5) is 8.21. The molecule has 0 amide bonds. The van der Waals surface area contributed by atoms with E-state index in [1.165, 1.54) is 17.8 Å². The highest BCUT2D eigenvalue weighted by molar-refractivity contribution is 7.48. The second kappa shape index (κ2) is 8.59. The van der Waals surface area contributed by atoms with Crippen LogP contribution in [-0.2, 0) is 22.9 Å². The Labute approximate surface area is 207 Å². The van der Waals surface area contributed by atoms with Crippen LogP contribution in [0.2, 0.25) is 0 Å². The van der Waals surface area contributed by atoms with Gasteiger partial charge in [-0.15, -0.1) is 0 Å². The minimum atomic E-state index is -4.20. The van der Waals surface area contributed by atoms with Gasteiger partial charge in [-0.2, -0.15) is 0 Å². The van der Waals surface area contributed by atoms with Crippen LogP contribution in [0.15, 0.2) is 48.9 Å². The van der Waals surface area contributed by atoms with Gasteiger partial charge in [0.25, 0.3) is 0 Å². The Hall–Kier alpha value is -2.37. The molecule has 6 rings (SSSR count). The van der Waals surface area contributed by atoms with E-state index in [1.807, 2.05) is 30.3 Å². The van der Waals surface area contributed by atoms with Crippen LogP contribution in [0.25, 0.3) is 11.0 Å². The van der Waals surface area contributed by atoms with Crippen LogP contribution in [0.3, 0.4) is 0 Å². The summed E-state index contributed by atoms with van der Waals surface area (Å²) in [6.45, 7) is 1.41. The maximum absolute atomic E-state index is 14.0. The molecule has 36 heavy (non-hydrogen) atoms. The molecule has 3 fully saturated rings. The number of aliphatic hydroxyl groups is 2. The normalized spacial score (nSPS) is 36.1. The smallest absolute Gasteiger partial charge is 0.385 e. The van der Waals surface area contributed by atoms with E-state index in [2.05, 4.69) is 9.97 Å². The first kappa shape index (κ1) is 24.0. The minimum absolute atomic E-state index is 0.270. The van der Waals surface area contributed by atoms with Crippen molar-refractivity contribution in [2.75, 3.05) is 5.73 Å². The third-order valence-electron chi connectivity index (χ3n) is 7.45. The fourth-order valence-electron chi connectivity index (χ4n) is 5.53. The van der Waals surface area contributed by atoms with Crippen molar-refractivity contribution in [1.82, 2.24) is 14.5 Å².